The summed E-state index contributed by atoms with van der Waals surface area (Å²) in [5, 5.41) is 23.4. The number of hydrogen-bond donors (Lipinski definition) is 3. The van der Waals surface area contributed by atoms with E-state index in [9.17, 15) is 19.8 Å². The fourth-order valence-electron chi connectivity index (χ4n) is 13.0. The van der Waals surface area contributed by atoms with Crippen LogP contribution in [0, 0.1) is 0 Å². The van der Waals surface area contributed by atoms with E-state index in [0.29, 0.717) is 25.9 Å². The van der Waals surface area contributed by atoms with Crippen molar-refractivity contribution in [2.75, 3.05) is 13.2 Å². The van der Waals surface area contributed by atoms with Crippen LogP contribution in [0.15, 0.2) is 36.5 Å². The van der Waals surface area contributed by atoms with Gasteiger partial charge in [-0.15, -0.1) is 0 Å². The summed E-state index contributed by atoms with van der Waals surface area (Å²) < 4.78 is 5.51. The fraction of sp³-hybridized carbons (Fsp3) is 0.904. The molecule has 89 heavy (non-hydrogen) atoms. The topological polar surface area (TPSA) is 95.9 Å². The Labute approximate surface area is 557 Å². The highest BCUT2D eigenvalue weighted by atomic mass is 16.5. The Kier molecular flexibility index (Phi) is 76.8. The van der Waals surface area contributed by atoms with Crippen molar-refractivity contribution < 1.29 is 24.5 Å². The first-order valence-corrected chi connectivity index (χ1v) is 40.7. The van der Waals surface area contributed by atoms with Gasteiger partial charge in [0, 0.05) is 12.8 Å². The van der Waals surface area contributed by atoms with Crippen LogP contribution in [0.5, 0.6) is 0 Å². The van der Waals surface area contributed by atoms with E-state index in [1.54, 1.807) is 0 Å². The van der Waals surface area contributed by atoms with Crippen LogP contribution in [-0.4, -0.2) is 47.4 Å². The van der Waals surface area contributed by atoms with Gasteiger partial charge in [-0.2, -0.15) is 0 Å². The molecule has 0 radical (unpaired) electrons. The maximum atomic E-state index is 12.6. The number of amides is 1. The minimum atomic E-state index is -0.664. The molecule has 526 valence electrons. The number of allylic oxidation sites excluding steroid dienone is 6. The molecule has 0 bridgehead atoms. The van der Waals surface area contributed by atoms with Gasteiger partial charge in [0.15, 0.2) is 0 Å². The average Bonchev–Trinajstić information content (AvgIpc) is 3.58. The molecule has 1 amide bonds. The van der Waals surface area contributed by atoms with Crippen LogP contribution in [-0.2, 0) is 14.3 Å². The molecule has 2 unspecified atom stereocenters. The van der Waals surface area contributed by atoms with Gasteiger partial charge in [-0.25, -0.2) is 0 Å². The van der Waals surface area contributed by atoms with Crippen LogP contribution >= 0.6 is 0 Å². The van der Waals surface area contributed by atoms with E-state index in [4.69, 9.17) is 4.74 Å². The molecule has 3 N–H and O–H groups in total. The van der Waals surface area contributed by atoms with Crippen molar-refractivity contribution in [2.24, 2.45) is 0 Å². The third-order valence-electron chi connectivity index (χ3n) is 19.2. The lowest BCUT2D eigenvalue weighted by Gasteiger charge is -2.22. The molecule has 0 aliphatic rings. The molecular formula is C83H159NO5. The predicted molar refractivity (Wildman–Crippen MR) is 393 cm³/mol. The second-order valence-electron chi connectivity index (χ2n) is 28.1. The maximum absolute atomic E-state index is 12.6. The van der Waals surface area contributed by atoms with Crippen molar-refractivity contribution in [1.29, 1.82) is 0 Å². The summed E-state index contributed by atoms with van der Waals surface area (Å²) in [7, 11) is 0. The summed E-state index contributed by atoms with van der Waals surface area (Å²) >= 11 is 0. The smallest absolute Gasteiger partial charge is 0.305 e. The molecule has 0 aromatic rings. The Bertz CT molecular complexity index is 1440. The summed E-state index contributed by atoms with van der Waals surface area (Å²) in [5.74, 6) is -0.0133. The van der Waals surface area contributed by atoms with Crippen LogP contribution in [0.25, 0.3) is 0 Å². The third kappa shape index (κ3) is 75.0. The number of carbonyl (C=O) groups excluding carboxylic acids is 2. The second kappa shape index (κ2) is 78.5. The van der Waals surface area contributed by atoms with Crippen LogP contribution in [0.2, 0.25) is 0 Å². The van der Waals surface area contributed by atoms with Gasteiger partial charge in [0.1, 0.15) is 0 Å². The summed E-state index contributed by atoms with van der Waals surface area (Å²) in [6, 6.07) is -0.541. The number of carbonyl (C=O) groups is 2. The fourth-order valence-corrected chi connectivity index (χ4v) is 13.0. The molecule has 6 heteroatoms. The standard InChI is InChI=1S/C83H159NO5/c1-3-5-7-9-11-13-15-17-19-21-40-43-47-51-55-59-63-67-71-75-81(86)80(79-85)84-82(87)76-72-68-64-60-56-52-48-44-41-38-36-34-32-30-28-26-24-23-25-27-29-31-33-35-37-39-42-46-50-54-58-62-66-70-74-78-89-83(88)77-73-69-65-61-57-53-49-45-22-20-18-16-14-12-10-8-6-4-2/h20,22,25,27,31,33,80-81,85-86H,3-19,21,23-24,26,28-30,32,34-79H2,1-2H3,(H,84,87)/b22-20-,27-25-,33-31-. The minimum Gasteiger partial charge on any atom is -0.466 e. The molecule has 0 fully saturated rings. The summed E-state index contributed by atoms with van der Waals surface area (Å²) in [6.07, 6.45) is 102. The third-order valence-corrected chi connectivity index (χ3v) is 19.2. The van der Waals surface area contributed by atoms with Crippen LogP contribution in [0.1, 0.15) is 457 Å². The number of rotatable bonds is 77. The van der Waals surface area contributed by atoms with Crippen molar-refractivity contribution in [3.63, 3.8) is 0 Å². The van der Waals surface area contributed by atoms with Crippen molar-refractivity contribution >= 4 is 11.9 Å². The molecule has 0 aromatic carbocycles. The number of esters is 1. The first-order chi connectivity index (χ1) is 44.0. The Hall–Kier alpha value is -1.92. The zero-order valence-electron chi connectivity index (χ0n) is 60.4. The Morgan fingerprint density at radius 1 is 0.315 bits per heavy atom. The van der Waals surface area contributed by atoms with Crippen LogP contribution in [0.3, 0.4) is 0 Å². The van der Waals surface area contributed by atoms with E-state index in [1.807, 2.05) is 0 Å². The minimum absolute atomic E-state index is 0.0147. The van der Waals surface area contributed by atoms with Gasteiger partial charge in [0.05, 0.1) is 25.4 Å². The molecule has 0 heterocycles. The SMILES string of the molecule is CCCCCCCCC/C=C\CCCCCCCCCC(=O)OCCCCCCCCCCCCC/C=C\C/C=C\CCCCCCCCCCCCCCCCCCCC(=O)NC(CO)C(O)CCCCCCCCCCCCCCCCCCCCC. The van der Waals surface area contributed by atoms with Gasteiger partial charge >= 0.3 is 5.97 Å². The lowest BCUT2D eigenvalue weighted by atomic mass is 10.0. The van der Waals surface area contributed by atoms with Crippen molar-refractivity contribution in [3.8, 4) is 0 Å². The van der Waals surface area contributed by atoms with Crippen molar-refractivity contribution in [1.82, 2.24) is 5.32 Å². The molecular weight excluding hydrogens is 1090 g/mol. The summed E-state index contributed by atoms with van der Waals surface area (Å²) in [4.78, 5) is 24.7. The second-order valence-corrected chi connectivity index (χ2v) is 28.1. The number of nitrogens with one attached hydrogen (secondary N) is 1. The number of hydrogen-bond acceptors (Lipinski definition) is 5. The van der Waals surface area contributed by atoms with E-state index >= 15 is 0 Å². The predicted octanol–water partition coefficient (Wildman–Crippen LogP) is 27.0. The zero-order valence-corrected chi connectivity index (χ0v) is 60.4. The molecule has 0 aromatic heterocycles. The highest BCUT2D eigenvalue weighted by molar-refractivity contribution is 5.76. The van der Waals surface area contributed by atoms with Crippen LogP contribution < -0.4 is 5.32 Å². The number of aliphatic hydroxyl groups excluding tert-OH is 2. The number of ether oxygens (including phenoxy) is 1. The summed E-state index contributed by atoms with van der Waals surface area (Å²) in [5.41, 5.74) is 0. The van der Waals surface area contributed by atoms with Gasteiger partial charge in [-0.3, -0.25) is 9.59 Å². The lowest BCUT2D eigenvalue weighted by Crippen LogP contribution is -2.45. The largest absolute Gasteiger partial charge is 0.466 e. The van der Waals surface area contributed by atoms with Crippen molar-refractivity contribution in [2.45, 2.75) is 469 Å². The molecule has 0 saturated carbocycles. The molecule has 0 spiro atoms. The van der Waals surface area contributed by atoms with E-state index in [-0.39, 0.29) is 18.5 Å². The van der Waals surface area contributed by atoms with Crippen LogP contribution in [0.4, 0.5) is 0 Å². The zero-order chi connectivity index (χ0) is 64.2. The molecule has 2 atom stereocenters. The number of unbranched alkanes of at least 4 members (excludes halogenated alkanes) is 60. The molecule has 0 saturated heterocycles. The normalized spacial score (nSPS) is 12.6. The van der Waals surface area contributed by atoms with Gasteiger partial charge in [-0.1, -0.05) is 397 Å². The average molecular weight is 1250 g/mol. The lowest BCUT2D eigenvalue weighted by molar-refractivity contribution is -0.143. The first-order valence-electron chi connectivity index (χ1n) is 40.7. The Morgan fingerprint density at radius 2 is 0.562 bits per heavy atom. The number of aliphatic hydroxyl groups is 2. The monoisotopic (exact) mass is 1250 g/mol. The summed E-state index contributed by atoms with van der Waals surface area (Å²) in [6.45, 7) is 5.00. The molecule has 0 rings (SSSR count). The quantitative estimate of drug-likeness (QED) is 0.0320. The van der Waals surface area contributed by atoms with Gasteiger partial charge < -0.3 is 20.3 Å². The first kappa shape index (κ1) is 87.1. The van der Waals surface area contributed by atoms with Crippen molar-refractivity contribution in [3.05, 3.63) is 36.5 Å². The van der Waals surface area contributed by atoms with E-state index < -0.39 is 12.1 Å². The highest BCUT2D eigenvalue weighted by Crippen LogP contribution is 2.20. The maximum Gasteiger partial charge on any atom is 0.305 e. The molecule has 6 nitrogen and oxygen atoms in total. The van der Waals surface area contributed by atoms with E-state index in [0.717, 1.165) is 51.4 Å². The van der Waals surface area contributed by atoms with Gasteiger partial charge in [0.2, 0.25) is 5.91 Å². The Morgan fingerprint density at radius 3 is 0.865 bits per heavy atom. The molecule has 0 aliphatic carbocycles. The van der Waals surface area contributed by atoms with Gasteiger partial charge in [-0.05, 0) is 83.5 Å². The Balaban J connectivity index is 3.36. The highest BCUT2D eigenvalue weighted by Gasteiger charge is 2.20. The van der Waals surface area contributed by atoms with E-state index in [1.165, 1.54) is 372 Å². The van der Waals surface area contributed by atoms with Gasteiger partial charge in [0.25, 0.3) is 0 Å². The molecule has 0 aliphatic heterocycles. The van der Waals surface area contributed by atoms with E-state index in [2.05, 4.69) is 55.6 Å².